The molecule has 0 atom stereocenters. The van der Waals surface area contributed by atoms with E-state index in [1.54, 1.807) is 18.2 Å². The molecule has 20 heavy (non-hydrogen) atoms. The van der Waals surface area contributed by atoms with E-state index in [0.717, 1.165) is 22.1 Å². The van der Waals surface area contributed by atoms with Crippen LogP contribution in [0.25, 0.3) is 0 Å². The lowest BCUT2D eigenvalue weighted by Crippen LogP contribution is -2.13. The van der Waals surface area contributed by atoms with E-state index in [2.05, 4.69) is 21.2 Å². The highest BCUT2D eigenvalue weighted by molar-refractivity contribution is 9.10. The Balaban J connectivity index is 2.27. The van der Waals surface area contributed by atoms with Gasteiger partial charge < -0.3 is 11.1 Å². The fourth-order valence-corrected chi connectivity index (χ4v) is 2.57. The summed E-state index contributed by atoms with van der Waals surface area (Å²) in [4.78, 5) is 12.2. The number of nitrogens with one attached hydrogen (secondary N) is 1. The quantitative estimate of drug-likeness (QED) is 0.798. The Morgan fingerprint density at radius 2 is 2.05 bits per heavy atom. The van der Waals surface area contributed by atoms with Crippen LogP contribution in [-0.4, -0.2) is 5.91 Å². The fraction of sp³-hybridized carbons (Fsp3) is 0.133. The van der Waals surface area contributed by atoms with Crippen LogP contribution >= 0.6 is 27.5 Å². The van der Waals surface area contributed by atoms with Gasteiger partial charge in [0.25, 0.3) is 5.91 Å². The van der Waals surface area contributed by atoms with Gasteiger partial charge in [-0.05, 0) is 48.4 Å². The van der Waals surface area contributed by atoms with Gasteiger partial charge in [-0.2, -0.15) is 0 Å². The van der Waals surface area contributed by atoms with E-state index >= 15 is 0 Å². The molecule has 0 aliphatic rings. The van der Waals surface area contributed by atoms with Gasteiger partial charge in [-0.3, -0.25) is 4.79 Å². The summed E-state index contributed by atoms with van der Waals surface area (Å²) < 4.78 is 0.986. The molecule has 0 radical (unpaired) electrons. The van der Waals surface area contributed by atoms with Crippen molar-refractivity contribution in [3.63, 3.8) is 0 Å². The number of halogens is 2. The number of carbonyl (C=O) groups excluding carboxylic acids is 1. The molecule has 2 aromatic carbocycles. The fourth-order valence-electron chi connectivity index (χ4n) is 1.91. The molecular formula is C15H14BrClN2O. The van der Waals surface area contributed by atoms with Crippen LogP contribution in [0.1, 0.15) is 22.8 Å². The van der Waals surface area contributed by atoms with Crippen molar-refractivity contribution >= 4 is 44.8 Å². The second-order valence-electron chi connectivity index (χ2n) is 4.38. The van der Waals surface area contributed by atoms with Gasteiger partial charge in [0.2, 0.25) is 0 Å². The van der Waals surface area contributed by atoms with Crippen LogP contribution < -0.4 is 11.1 Å². The van der Waals surface area contributed by atoms with Gasteiger partial charge in [-0.25, -0.2) is 0 Å². The molecule has 0 unspecified atom stereocenters. The Morgan fingerprint density at radius 3 is 2.70 bits per heavy atom. The van der Waals surface area contributed by atoms with Crippen LogP contribution in [-0.2, 0) is 6.42 Å². The summed E-state index contributed by atoms with van der Waals surface area (Å²) in [6.07, 6.45) is 0.826. The van der Waals surface area contributed by atoms with Crippen molar-refractivity contribution in [2.45, 2.75) is 13.3 Å². The second-order valence-corrected chi connectivity index (χ2v) is 5.73. The SMILES string of the molecule is CCc1cc(Br)ccc1NC(=O)c1cc(N)cc(Cl)c1. The minimum atomic E-state index is -0.226. The van der Waals surface area contributed by atoms with Crippen LogP contribution in [0.5, 0.6) is 0 Å². The smallest absolute Gasteiger partial charge is 0.255 e. The number of hydrogen-bond acceptors (Lipinski definition) is 2. The zero-order valence-electron chi connectivity index (χ0n) is 10.9. The van der Waals surface area contributed by atoms with Crippen molar-refractivity contribution in [2.24, 2.45) is 0 Å². The van der Waals surface area contributed by atoms with Crippen molar-refractivity contribution in [3.8, 4) is 0 Å². The molecule has 2 aromatic rings. The number of benzene rings is 2. The summed E-state index contributed by atoms with van der Waals surface area (Å²) in [5.41, 5.74) is 8.46. The van der Waals surface area contributed by atoms with Gasteiger partial charge in [0.15, 0.2) is 0 Å². The standard InChI is InChI=1S/C15H14BrClN2O/c1-2-9-5-11(16)3-4-14(9)19-15(20)10-6-12(17)8-13(18)7-10/h3-8H,2,18H2,1H3,(H,19,20). The van der Waals surface area contributed by atoms with Gasteiger partial charge in [0.05, 0.1) is 0 Å². The lowest BCUT2D eigenvalue weighted by Gasteiger charge is -2.11. The zero-order chi connectivity index (χ0) is 14.7. The molecule has 0 bridgehead atoms. The Kier molecular flexibility index (Phi) is 4.68. The number of nitrogen functional groups attached to an aromatic ring is 1. The van der Waals surface area contributed by atoms with Gasteiger partial charge in [0, 0.05) is 26.4 Å². The highest BCUT2D eigenvalue weighted by atomic mass is 79.9. The minimum absolute atomic E-state index is 0.226. The number of nitrogens with two attached hydrogens (primary N) is 1. The lowest BCUT2D eigenvalue weighted by molar-refractivity contribution is 0.102. The summed E-state index contributed by atoms with van der Waals surface area (Å²) in [6, 6.07) is 10.6. The van der Waals surface area contributed by atoms with Gasteiger partial charge in [0.1, 0.15) is 0 Å². The summed E-state index contributed by atoms with van der Waals surface area (Å²) >= 11 is 9.33. The number of hydrogen-bond donors (Lipinski definition) is 2. The first-order valence-electron chi connectivity index (χ1n) is 6.15. The number of amides is 1. The predicted octanol–water partition coefficient (Wildman–Crippen LogP) is 4.50. The summed E-state index contributed by atoms with van der Waals surface area (Å²) in [6.45, 7) is 2.04. The first-order valence-corrected chi connectivity index (χ1v) is 7.32. The van der Waals surface area contributed by atoms with E-state index in [0.29, 0.717) is 16.3 Å². The number of anilines is 2. The molecule has 3 N–H and O–H groups in total. The molecule has 0 aromatic heterocycles. The molecule has 0 saturated carbocycles. The third kappa shape index (κ3) is 3.52. The normalized spacial score (nSPS) is 10.3. The Bertz CT molecular complexity index is 638. The largest absolute Gasteiger partial charge is 0.399 e. The number of carbonyl (C=O) groups is 1. The molecule has 104 valence electrons. The maximum atomic E-state index is 12.2. The average Bonchev–Trinajstić information content (AvgIpc) is 2.39. The summed E-state index contributed by atoms with van der Waals surface area (Å²) in [7, 11) is 0. The molecule has 0 aliphatic carbocycles. The maximum Gasteiger partial charge on any atom is 0.255 e. The lowest BCUT2D eigenvalue weighted by atomic mass is 10.1. The van der Waals surface area contributed by atoms with Crippen molar-refractivity contribution in [3.05, 3.63) is 57.0 Å². The number of aryl methyl sites for hydroxylation is 1. The Hall–Kier alpha value is -1.52. The van der Waals surface area contributed by atoms with E-state index < -0.39 is 0 Å². The molecule has 0 fully saturated rings. The highest BCUT2D eigenvalue weighted by Gasteiger charge is 2.10. The minimum Gasteiger partial charge on any atom is -0.399 e. The Labute approximate surface area is 131 Å². The molecule has 2 rings (SSSR count). The maximum absolute atomic E-state index is 12.2. The third-order valence-corrected chi connectivity index (χ3v) is 3.59. The predicted molar refractivity (Wildman–Crippen MR) is 87.3 cm³/mol. The Morgan fingerprint density at radius 1 is 1.30 bits per heavy atom. The summed E-state index contributed by atoms with van der Waals surface area (Å²) in [5.74, 6) is -0.226. The first-order chi connectivity index (χ1) is 9.49. The molecule has 1 amide bonds. The number of rotatable bonds is 3. The van der Waals surface area contributed by atoms with Crippen molar-refractivity contribution in [1.82, 2.24) is 0 Å². The van der Waals surface area contributed by atoms with Gasteiger partial charge >= 0.3 is 0 Å². The van der Waals surface area contributed by atoms with Crippen LogP contribution in [0.4, 0.5) is 11.4 Å². The zero-order valence-corrected chi connectivity index (χ0v) is 13.3. The van der Waals surface area contributed by atoms with E-state index in [1.807, 2.05) is 25.1 Å². The molecule has 0 aliphatic heterocycles. The average molecular weight is 354 g/mol. The van der Waals surface area contributed by atoms with Crippen LogP contribution in [0.2, 0.25) is 5.02 Å². The van der Waals surface area contributed by atoms with Gasteiger partial charge in [-0.1, -0.05) is 34.5 Å². The van der Waals surface area contributed by atoms with Crippen molar-refractivity contribution in [1.29, 1.82) is 0 Å². The first kappa shape index (κ1) is 14.9. The highest BCUT2D eigenvalue weighted by Crippen LogP contribution is 2.23. The third-order valence-electron chi connectivity index (χ3n) is 2.88. The van der Waals surface area contributed by atoms with Crippen LogP contribution in [0.15, 0.2) is 40.9 Å². The molecule has 0 heterocycles. The monoisotopic (exact) mass is 352 g/mol. The van der Waals surface area contributed by atoms with E-state index in [-0.39, 0.29) is 5.91 Å². The van der Waals surface area contributed by atoms with Crippen LogP contribution in [0, 0.1) is 0 Å². The van der Waals surface area contributed by atoms with E-state index in [9.17, 15) is 4.79 Å². The molecule has 5 heteroatoms. The molecule has 3 nitrogen and oxygen atoms in total. The van der Waals surface area contributed by atoms with Gasteiger partial charge in [-0.15, -0.1) is 0 Å². The summed E-state index contributed by atoms with van der Waals surface area (Å²) in [5, 5.41) is 3.33. The van der Waals surface area contributed by atoms with E-state index in [4.69, 9.17) is 17.3 Å². The molecule has 0 saturated heterocycles. The molecular weight excluding hydrogens is 340 g/mol. The van der Waals surface area contributed by atoms with Crippen molar-refractivity contribution < 1.29 is 4.79 Å². The van der Waals surface area contributed by atoms with Crippen LogP contribution in [0.3, 0.4) is 0 Å². The second kappa shape index (κ2) is 6.29. The van der Waals surface area contributed by atoms with E-state index in [1.165, 1.54) is 0 Å². The van der Waals surface area contributed by atoms with Crippen molar-refractivity contribution in [2.75, 3.05) is 11.1 Å². The molecule has 0 spiro atoms. The topological polar surface area (TPSA) is 55.1 Å².